The van der Waals surface area contributed by atoms with Gasteiger partial charge in [-0.1, -0.05) is 12.8 Å². The zero-order valence-corrected chi connectivity index (χ0v) is 14.1. The van der Waals surface area contributed by atoms with E-state index >= 15 is 0 Å². The summed E-state index contributed by atoms with van der Waals surface area (Å²) in [6, 6.07) is 4.33. The minimum Gasteiger partial charge on any atom is -0.345 e. The molecule has 0 spiro atoms. The van der Waals surface area contributed by atoms with Crippen molar-refractivity contribution in [2.45, 2.75) is 44.2 Å². The molecular weight excluding hydrogens is 309 g/mol. The largest absolute Gasteiger partial charge is 0.345 e. The van der Waals surface area contributed by atoms with Gasteiger partial charge in [0.25, 0.3) is 5.91 Å². The van der Waals surface area contributed by atoms with Gasteiger partial charge in [-0.05, 0) is 43.4 Å². The summed E-state index contributed by atoms with van der Waals surface area (Å²) in [5, 5.41) is 6.23. The predicted octanol–water partition coefficient (Wildman–Crippen LogP) is 2.39. The van der Waals surface area contributed by atoms with E-state index in [0.717, 1.165) is 12.8 Å². The third-order valence-electron chi connectivity index (χ3n) is 5.05. The van der Waals surface area contributed by atoms with E-state index in [-0.39, 0.29) is 17.5 Å². The minimum atomic E-state index is -0.586. The highest BCUT2D eigenvalue weighted by atomic mass is 19.1. The first-order valence-electron chi connectivity index (χ1n) is 8.54. The molecule has 1 saturated heterocycles. The molecule has 1 aromatic rings. The molecule has 1 saturated carbocycles. The number of hydrogen-bond acceptors (Lipinski definition) is 3. The second-order valence-electron chi connectivity index (χ2n) is 6.99. The van der Waals surface area contributed by atoms with E-state index in [1.165, 1.54) is 42.4 Å². The fourth-order valence-corrected chi connectivity index (χ4v) is 3.76. The van der Waals surface area contributed by atoms with Gasteiger partial charge in [0.1, 0.15) is 5.82 Å². The number of rotatable bonds is 3. The van der Waals surface area contributed by atoms with Crippen molar-refractivity contribution in [3.05, 3.63) is 29.6 Å². The van der Waals surface area contributed by atoms with E-state index in [1.54, 1.807) is 14.1 Å². The van der Waals surface area contributed by atoms with E-state index in [4.69, 9.17) is 0 Å². The molecule has 2 N–H and O–H groups in total. The number of benzene rings is 1. The van der Waals surface area contributed by atoms with Crippen LogP contribution in [0.25, 0.3) is 0 Å². The number of fused-ring (bicyclic) bond motifs is 1. The molecule has 3 atom stereocenters. The van der Waals surface area contributed by atoms with Gasteiger partial charge in [0.05, 0.1) is 11.6 Å². The van der Waals surface area contributed by atoms with Crippen LogP contribution in [-0.4, -0.2) is 42.9 Å². The number of carbonyl (C=O) groups is 2. The lowest BCUT2D eigenvalue weighted by molar-refractivity contribution is -0.117. The summed E-state index contributed by atoms with van der Waals surface area (Å²) in [5.41, 5.74) is 0.411. The molecule has 6 heteroatoms. The fourth-order valence-electron chi connectivity index (χ4n) is 3.76. The maximum atomic E-state index is 13.8. The van der Waals surface area contributed by atoms with Crippen molar-refractivity contribution < 1.29 is 14.0 Å². The van der Waals surface area contributed by atoms with Crippen LogP contribution in [0, 0.1) is 11.7 Å². The predicted molar refractivity (Wildman–Crippen MR) is 90.3 cm³/mol. The molecule has 1 aliphatic carbocycles. The summed E-state index contributed by atoms with van der Waals surface area (Å²) in [6.45, 7) is 0. The van der Waals surface area contributed by atoms with Crippen LogP contribution in [0.15, 0.2) is 18.2 Å². The maximum Gasteiger partial charge on any atom is 0.256 e. The van der Waals surface area contributed by atoms with Crippen molar-refractivity contribution in [1.82, 2.24) is 10.2 Å². The number of amides is 2. The summed E-state index contributed by atoms with van der Waals surface area (Å²) < 4.78 is 13.8. The molecule has 2 amide bonds. The lowest BCUT2D eigenvalue weighted by atomic mass is 9.85. The highest BCUT2D eigenvalue weighted by molar-refractivity contribution is 5.98. The van der Waals surface area contributed by atoms with E-state index in [9.17, 15) is 14.0 Å². The Hall–Kier alpha value is -1.95. The fraction of sp³-hybridized carbons (Fsp3) is 0.556. The Labute approximate surface area is 141 Å². The minimum absolute atomic E-state index is 0.0362. The maximum absolute atomic E-state index is 13.8. The lowest BCUT2D eigenvalue weighted by Gasteiger charge is -2.24. The van der Waals surface area contributed by atoms with Crippen LogP contribution in [0.1, 0.15) is 42.5 Å². The number of nitrogens with zero attached hydrogens (tertiary/aromatic N) is 1. The monoisotopic (exact) mass is 333 g/mol. The second-order valence-corrected chi connectivity index (χ2v) is 6.99. The van der Waals surface area contributed by atoms with Crippen molar-refractivity contribution in [3.8, 4) is 0 Å². The Bertz CT molecular complexity index is 633. The Kier molecular flexibility index (Phi) is 4.85. The van der Waals surface area contributed by atoms with Crippen molar-refractivity contribution in [2.75, 3.05) is 19.4 Å². The molecule has 0 bridgehead atoms. The third-order valence-corrected chi connectivity index (χ3v) is 5.05. The van der Waals surface area contributed by atoms with E-state index < -0.39 is 11.7 Å². The van der Waals surface area contributed by atoms with Gasteiger partial charge < -0.3 is 15.5 Å². The normalized spacial score (nSPS) is 25.9. The van der Waals surface area contributed by atoms with E-state index in [2.05, 4.69) is 10.6 Å². The van der Waals surface area contributed by atoms with Crippen LogP contribution in [0.3, 0.4) is 0 Å². The van der Waals surface area contributed by atoms with Crippen LogP contribution in [-0.2, 0) is 4.79 Å². The molecule has 3 rings (SSSR count). The van der Waals surface area contributed by atoms with Gasteiger partial charge in [0, 0.05) is 25.8 Å². The number of nitrogens with one attached hydrogen (secondary N) is 2. The molecule has 2 fully saturated rings. The highest BCUT2D eigenvalue weighted by Crippen LogP contribution is 2.33. The summed E-state index contributed by atoms with van der Waals surface area (Å²) in [5.74, 6) is -0.543. The summed E-state index contributed by atoms with van der Waals surface area (Å²) in [6.07, 6.45) is 5.62. The Morgan fingerprint density at radius 3 is 2.71 bits per heavy atom. The van der Waals surface area contributed by atoms with Gasteiger partial charge in [-0.15, -0.1) is 0 Å². The van der Waals surface area contributed by atoms with Crippen molar-refractivity contribution in [2.24, 2.45) is 5.92 Å². The zero-order valence-electron chi connectivity index (χ0n) is 14.1. The summed E-state index contributed by atoms with van der Waals surface area (Å²) in [7, 11) is 3.13. The van der Waals surface area contributed by atoms with Crippen molar-refractivity contribution in [1.29, 1.82) is 0 Å². The van der Waals surface area contributed by atoms with Gasteiger partial charge in [-0.3, -0.25) is 9.59 Å². The Balaban J connectivity index is 1.68. The molecule has 2 aliphatic rings. The standard InChI is InChI=1S/C18H24FN3O2/c1-22(2)18(24)13-10-12(7-8-14(13)19)20-17(23)16-9-11-5-3-4-6-15(11)21-16/h7-8,10-11,15-16,21H,3-6,9H2,1-2H3,(H,20,23)/t11-,15-,16-/m0/s1. The number of carbonyl (C=O) groups excluding carboxylic acids is 2. The lowest BCUT2D eigenvalue weighted by Crippen LogP contribution is -2.39. The van der Waals surface area contributed by atoms with Crippen LogP contribution >= 0.6 is 0 Å². The van der Waals surface area contributed by atoms with Gasteiger partial charge in [-0.25, -0.2) is 4.39 Å². The highest BCUT2D eigenvalue weighted by Gasteiger charge is 2.38. The van der Waals surface area contributed by atoms with Crippen LogP contribution in [0.2, 0.25) is 0 Å². The first-order chi connectivity index (χ1) is 11.5. The molecule has 1 aliphatic heterocycles. The molecule has 0 unspecified atom stereocenters. The molecule has 0 radical (unpaired) electrons. The second kappa shape index (κ2) is 6.89. The number of anilines is 1. The molecule has 0 aromatic heterocycles. The van der Waals surface area contributed by atoms with Crippen LogP contribution in [0.4, 0.5) is 10.1 Å². The van der Waals surface area contributed by atoms with Gasteiger partial charge in [0.2, 0.25) is 5.91 Å². The molecule has 130 valence electrons. The zero-order chi connectivity index (χ0) is 17.3. The van der Waals surface area contributed by atoms with Gasteiger partial charge >= 0.3 is 0 Å². The Morgan fingerprint density at radius 1 is 1.25 bits per heavy atom. The van der Waals surface area contributed by atoms with E-state index in [1.807, 2.05) is 0 Å². The first kappa shape index (κ1) is 16.9. The quantitative estimate of drug-likeness (QED) is 0.893. The smallest absolute Gasteiger partial charge is 0.256 e. The Morgan fingerprint density at radius 2 is 2.00 bits per heavy atom. The molecule has 24 heavy (non-hydrogen) atoms. The summed E-state index contributed by atoms with van der Waals surface area (Å²) >= 11 is 0. The van der Waals surface area contributed by atoms with Crippen LogP contribution in [0.5, 0.6) is 0 Å². The molecule has 1 heterocycles. The first-order valence-corrected chi connectivity index (χ1v) is 8.54. The summed E-state index contributed by atoms with van der Waals surface area (Å²) in [4.78, 5) is 25.8. The van der Waals surface area contributed by atoms with Crippen molar-refractivity contribution >= 4 is 17.5 Å². The average Bonchev–Trinajstić information content (AvgIpc) is 3.00. The van der Waals surface area contributed by atoms with Gasteiger partial charge in [-0.2, -0.15) is 0 Å². The average molecular weight is 333 g/mol. The molecular formula is C18H24FN3O2. The molecule has 1 aromatic carbocycles. The SMILES string of the molecule is CN(C)C(=O)c1cc(NC(=O)[C@@H]2C[C@@H]3CCCC[C@@H]3N2)ccc1F. The number of hydrogen-bond donors (Lipinski definition) is 2. The van der Waals surface area contributed by atoms with Gasteiger partial charge in [0.15, 0.2) is 0 Å². The topological polar surface area (TPSA) is 61.4 Å². The number of halogens is 1. The van der Waals surface area contributed by atoms with Crippen molar-refractivity contribution in [3.63, 3.8) is 0 Å². The molecule has 5 nitrogen and oxygen atoms in total. The van der Waals surface area contributed by atoms with E-state index in [0.29, 0.717) is 17.6 Å². The van der Waals surface area contributed by atoms with Crippen LogP contribution < -0.4 is 10.6 Å². The third kappa shape index (κ3) is 3.43.